The molecule has 6 heteroatoms. The number of nitrogens with one attached hydrogen (secondary N) is 1. The third-order valence-electron chi connectivity index (χ3n) is 4.84. The second-order valence-electron chi connectivity index (χ2n) is 7.07. The number of methoxy groups -OCH3 is 1. The molecule has 152 valence electrons. The minimum absolute atomic E-state index is 0.671. The molecular weight excluding hydrogens is 366 g/mol. The first kappa shape index (κ1) is 19.5. The number of aromatic nitrogens is 2. The summed E-state index contributed by atoms with van der Waals surface area (Å²) in [7, 11) is 1.71. The van der Waals surface area contributed by atoms with Crippen molar-refractivity contribution in [1.29, 1.82) is 0 Å². The summed E-state index contributed by atoms with van der Waals surface area (Å²) in [5.41, 5.74) is 4.36. The highest BCUT2D eigenvalue weighted by Crippen LogP contribution is 2.34. The van der Waals surface area contributed by atoms with E-state index in [1.54, 1.807) is 7.11 Å². The van der Waals surface area contributed by atoms with Crippen molar-refractivity contribution in [3.8, 4) is 22.8 Å². The zero-order valence-electron chi connectivity index (χ0n) is 16.8. The molecule has 0 saturated heterocycles. The third-order valence-corrected chi connectivity index (χ3v) is 4.84. The summed E-state index contributed by atoms with van der Waals surface area (Å²) in [4.78, 5) is 0. The Morgan fingerprint density at radius 2 is 1.90 bits per heavy atom. The van der Waals surface area contributed by atoms with Crippen LogP contribution in [0.25, 0.3) is 11.3 Å². The third kappa shape index (κ3) is 4.96. The van der Waals surface area contributed by atoms with Gasteiger partial charge in [0.25, 0.3) is 0 Å². The van der Waals surface area contributed by atoms with Crippen LogP contribution in [-0.2, 0) is 17.8 Å². The molecule has 2 aromatic carbocycles. The summed E-state index contributed by atoms with van der Waals surface area (Å²) in [6.45, 7) is 4.29. The fraction of sp³-hybridized carbons (Fsp3) is 0.348. The van der Waals surface area contributed by atoms with Gasteiger partial charge in [-0.1, -0.05) is 30.3 Å². The smallest absolute Gasteiger partial charge is 0.161 e. The molecule has 1 N–H and O–H groups in total. The Morgan fingerprint density at radius 1 is 1.07 bits per heavy atom. The van der Waals surface area contributed by atoms with Gasteiger partial charge >= 0.3 is 0 Å². The lowest BCUT2D eigenvalue weighted by Gasteiger charge is -2.09. The molecule has 2 heterocycles. The number of fused-ring (bicyclic) bond motifs is 1. The van der Waals surface area contributed by atoms with Crippen LogP contribution in [0, 0.1) is 0 Å². The van der Waals surface area contributed by atoms with Gasteiger partial charge in [0.15, 0.2) is 11.5 Å². The van der Waals surface area contributed by atoms with E-state index in [9.17, 15) is 0 Å². The maximum absolute atomic E-state index is 5.87. The van der Waals surface area contributed by atoms with E-state index in [-0.39, 0.29) is 0 Å². The SMILES string of the molecule is COCCNCc1cn(Cc2ccccc2)nc1-c1ccc2c(c1)OCCCO2. The molecule has 0 fully saturated rings. The predicted molar refractivity (Wildman–Crippen MR) is 112 cm³/mol. The molecule has 1 aromatic heterocycles. The molecule has 0 atom stereocenters. The van der Waals surface area contributed by atoms with Gasteiger partial charge in [-0.25, -0.2) is 0 Å². The Bertz CT molecular complexity index is 924. The van der Waals surface area contributed by atoms with Crippen LogP contribution in [0.1, 0.15) is 17.5 Å². The number of rotatable bonds is 8. The highest BCUT2D eigenvalue weighted by atomic mass is 16.5. The zero-order valence-corrected chi connectivity index (χ0v) is 16.8. The van der Waals surface area contributed by atoms with Crippen LogP contribution in [0.5, 0.6) is 11.5 Å². The van der Waals surface area contributed by atoms with Gasteiger partial charge in [0.05, 0.1) is 32.1 Å². The van der Waals surface area contributed by atoms with Crippen LogP contribution in [0.2, 0.25) is 0 Å². The largest absolute Gasteiger partial charge is 0.490 e. The van der Waals surface area contributed by atoms with Crippen LogP contribution in [-0.4, -0.2) is 43.3 Å². The van der Waals surface area contributed by atoms with E-state index in [0.29, 0.717) is 19.8 Å². The van der Waals surface area contributed by atoms with E-state index in [1.807, 2.05) is 22.9 Å². The van der Waals surface area contributed by atoms with Crippen LogP contribution in [0.3, 0.4) is 0 Å². The quantitative estimate of drug-likeness (QED) is 0.594. The Hall–Kier alpha value is -2.83. The fourth-order valence-electron chi connectivity index (χ4n) is 3.39. The molecule has 29 heavy (non-hydrogen) atoms. The molecule has 1 aliphatic heterocycles. The van der Waals surface area contributed by atoms with E-state index >= 15 is 0 Å². The number of ether oxygens (including phenoxy) is 3. The van der Waals surface area contributed by atoms with E-state index < -0.39 is 0 Å². The number of hydrogen-bond acceptors (Lipinski definition) is 5. The summed E-state index contributed by atoms with van der Waals surface area (Å²) in [5, 5.41) is 8.32. The van der Waals surface area contributed by atoms with Gasteiger partial charge in [-0.15, -0.1) is 0 Å². The van der Waals surface area contributed by atoms with Gasteiger partial charge < -0.3 is 19.5 Å². The Kier molecular flexibility index (Phi) is 6.44. The molecule has 0 saturated carbocycles. The van der Waals surface area contributed by atoms with Crippen LogP contribution in [0.15, 0.2) is 54.7 Å². The van der Waals surface area contributed by atoms with Crippen LogP contribution < -0.4 is 14.8 Å². The molecule has 4 rings (SSSR count). The van der Waals surface area contributed by atoms with Gasteiger partial charge in [0.1, 0.15) is 0 Å². The fourth-order valence-corrected chi connectivity index (χ4v) is 3.39. The topological polar surface area (TPSA) is 57.5 Å². The molecule has 0 radical (unpaired) electrons. The normalized spacial score (nSPS) is 13.3. The predicted octanol–water partition coefficient (Wildman–Crippen LogP) is 3.50. The van der Waals surface area contributed by atoms with Crippen LogP contribution >= 0.6 is 0 Å². The molecule has 0 unspecified atom stereocenters. The molecule has 0 aliphatic carbocycles. The first-order valence-electron chi connectivity index (χ1n) is 10.0. The van der Waals surface area contributed by atoms with Gasteiger partial charge in [0.2, 0.25) is 0 Å². The highest BCUT2D eigenvalue weighted by molar-refractivity contribution is 5.66. The molecule has 0 amide bonds. The number of benzene rings is 2. The summed E-state index contributed by atoms with van der Waals surface area (Å²) in [6, 6.07) is 16.4. The monoisotopic (exact) mass is 393 g/mol. The molecule has 6 nitrogen and oxygen atoms in total. The van der Waals surface area contributed by atoms with Crippen LogP contribution in [0.4, 0.5) is 0 Å². The molecular formula is C23H27N3O3. The van der Waals surface area contributed by atoms with E-state index in [4.69, 9.17) is 19.3 Å². The summed E-state index contributed by atoms with van der Waals surface area (Å²) < 4.78 is 18.8. The molecule has 0 spiro atoms. The van der Waals surface area contributed by atoms with Crippen molar-refractivity contribution >= 4 is 0 Å². The molecule has 0 bridgehead atoms. The van der Waals surface area contributed by atoms with Crippen molar-refractivity contribution in [2.75, 3.05) is 33.5 Å². The van der Waals surface area contributed by atoms with E-state index in [0.717, 1.165) is 54.4 Å². The zero-order chi connectivity index (χ0) is 19.9. The minimum Gasteiger partial charge on any atom is -0.490 e. The summed E-state index contributed by atoms with van der Waals surface area (Å²) >= 11 is 0. The summed E-state index contributed by atoms with van der Waals surface area (Å²) in [6.07, 6.45) is 3.01. The lowest BCUT2D eigenvalue weighted by Crippen LogP contribution is -2.18. The minimum atomic E-state index is 0.671. The lowest BCUT2D eigenvalue weighted by molar-refractivity contribution is 0.199. The lowest BCUT2D eigenvalue weighted by atomic mass is 10.1. The molecule has 1 aliphatic rings. The van der Waals surface area contributed by atoms with Crippen molar-refractivity contribution in [3.05, 3.63) is 65.9 Å². The van der Waals surface area contributed by atoms with Crippen molar-refractivity contribution in [2.45, 2.75) is 19.5 Å². The van der Waals surface area contributed by atoms with Crippen molar-refractivity contribution in [2.24, 2.45) is 0 Å². The Morgan fingerprint density at radius 3 is 2.72 bits per heavy atom. The number of nitrogens with zero attached hydrogens (tertiary/aromatic N) is 2. The maximum atomic E-state index is 5.87. The van der Waals surface area contributed by atoms with Crippen molar-refractivity contribution in [1.82, 2.24) is 15.1 Å². The van der Waals surface area contributed by atoms with Crippen molar-refractivity contribution in [3.63, 3.8) is 0 Å². The van der Waals surface area contributed by atoms with Gasteiger partial charge in [-0.2, -0.15) is 5.10 Å². The van der Waals surface area contributed by atoms with E-state index in [2.05, 4.69) is 41.8 Å². The maximum Gasteiger partial charge on any atom is 0.161 e. The average molecular weight is 393 g/mol. The first-order chi connectivity index (χ1) is 14.3. The van der Waals surface area contributed by atoms with Gasteiger partial charge in [-0.05, 0) is 23.8 Å². The highest BCUT2D eigenvalue weighted by Gasteiger charge is 2.16. The first-order valence-corrected chi connectivity index (χ1v) is 10.0. The number of hydrogen-bond donors (Lipinski definition) is 1. The molecule has 3 aromatic rings. The second-order valence-corrected chi connectivity index (χ2v) is 7.07. The van der Waals surface area contributed by atoms with E-state index in [1.165, 1.54) is 5.56 Å². The standard InChI is InChI=1S/C23H27N3O3/c1-27-13-10-24-15-20-17-26(16-18-6-3-2-4-7-18)25-23(20)19-8-9-21-22(14-19)29-12-5-11-28-21/h2-4,6-9,14,17,24H,5,10-13,15-16H2,1H3. The van der Waals surface area contributed by atoms with Gasteiger partial charge in [-0.3, -0.25) is 4.68 Å². The summed E-state index contributed by atoms with van der Waals surface area (Å²) in [5.74, 6) is 1.59. The van der Waals surface area contributed by atoms with Gasteiger partial charge in [0, 0.05) is 43.9 Å². The Labute approximate surface area is 171 Å². The average Bonchev–Trinajstić information content (AvgIpc) is 2.99. The Balaban J connectivity index is 1.62. The van der Waals surface area contributed by atoms with Crippen molar-refractivity contribution < 1.29 is 14.2 Å². The second kappa shape index (κ2) is 9.58.